The van der Waals surface area contributed by atoms with E-state index < -0.39 is 28.7 Å². The van der Waals surface area contributed by atoms with Gasteiger partial charge < -0.3 is 10.2 Å². The van der Waals surface area contributed by atoms with Crippen LogP contribution in [0, 0.1) is 13.8 Å². The fraction of sp³-hybridized carbons (Fsp3) is 0.440. The number of aryl methyl sites for hydroxylation is 2. The van der Waals surface area contributed by atoms with Gasteiger partial charge in [-0.25, -0.2) is 4.31 Å². The highest BCUT2D eigenvalue weighted by atomic mass is 35.5. The van der Waals surface area contributed by atoms with Crippen molar-refractivity contribution < 1.29 is 18.0 Å². The second-order valence-electron chi connectivity index (χ2n) is 9.20. The first-order chi connectivity index (χ1) is 16.6. The van der Waals surface area contributed by atoms with E-state index in [1.165, 1.54) is 19.0 Å². The van der Waals surface area contributed by atoms with Crippen LogP contribution in [0.3, 0.4) is 0 Å². The van der Waals surface area contributed by atoms with Crippen LogP contribution in [0.15, 0.2) is 36.4 Å². The summed E-state index contributed by atoms with van der Waals surface area (Å²) < 4.78 is 28.8. The number of halogens is 2. The molecule has 0 fully saturated rings. The molecule has 0 aliphatic carbocycles. The molecule has 0 spiro atoms. The zero-order valence-corrected chi connectivity index (χ0v) is 24.0. The highest BCUT2D eigenvalue weighted by molar-refractivity contribution is 7.90. The van der Waals surface area contributed by atoms with Crippen LogP contribution < -0.4 is 9.62 Å². The lowest BCUT2D eigenvalue weighted by Gasteiger charge is -2.33. The van der Waals surface area contributed by atoms with Crippen LogP contribution >= 0.6 is 23.2 Å². The van der Waals surface area contributed by atoms with E-state index >= 15 is 0 Å². The Morgan fingerprint density at radius 1 is 0.972 bits per heavy atom. The van der Waals surface area contributed by atoms with Gasteiger partial charge in [-0.1, -0.05) is 41.4 Å². The van der Waals surface area contributed by atoms with Crippen LogP contribution in [0.2, 0.25) is 10.0 Å². The molecule has 2 amide bonds. The fourth-order valence-electron chi connectivity index (χ4n) is 3.51. The molecule has 0 heterocycles. The van der Waals surface area contributed by atoms with Gasteiger partial charge in [0.2, 0.25) is 11.8 Å². The third kappa shape index (κ3) is 7.35. The standard InChI is InChI=1S/C25H34Cl2N4O4S/c1-16(2)28-25(33)19(5)30(14-20-10-11-21(26)22(27)13-20)24(32)15-31(36(34,35)29(6)7)23-12-17(3)8-9-18(23)4/h8-13,16,19H,14-15H2,1-7H3,(H,28,33)/t19-/m1/s1. The summed E-state index contributed by atoms with van der Waals surface area (Å²) in [5, 5.41) is 3.49. The summed E-state index contributed by atoms with van der Waals surface area (Å²) in [6.45, 7) is 8.42. The fourth-order valence-corrected chi connectivity index (χ4v) is 4.95. The molecule has 1 atom stereocenters. The molecule has 11 heteroatoms. The van der Waals surface area contributed by atoms with Crippen LogP contribution in [-0.2, 0) is 26.3 Å². The van der Waals surface area contributed by atoms with Crippen molar-refractivity contribution in [1.29, 1.82) is 0 Å². The maximum absolute atomic E-state index is 13.7. The molecule has 0 aromatic heterocycles. The number of hydrogen-bond donors (Lipinski definition) is 1. The molecule has 1 N–H and O–H groups in total. The average molecular weight is 558 g/mol. The van der Waals surface area contributed by atoms with Crippen molar-refractivity contribution >= 4 is 50.9 Å². The molecule has 198 valence electrons. The molecule has 0 radical (unpaired) electrons. The van der Waals surface area contributed by atoms with E-state index in [0.29, 0.717) is 26.9 Å². The molecule has 0 aliphatic rings. The van der Waals surface area contributed by atoms with Gasteiger partial charge in [-0.05, 0) is 69.5 Å². The molecule has 2 rings (SSSR count). The molecule has 2 aromatic carbocycles. The number of carbonyl (C=O) groups is 2. The lowest BCUT2D eigenvalue weighted by atomic mass is 10.1. The first kappa shape index (κ1) is 29.9. The van der Waals surface area contributed by atoms with Gasteiger partial charge >= 0.3 is 10.2 Å². The maximum atomic E-state index is 13.7. The molecule has 0 aliphatic heterocycles. The molecule has 0 bridgehead atoms. The Morgan fingerprint density at radius 2 is 1.61 bits per heavy atom. The zero-order chi connectivity index (χ0) is 27.4. The Balaban J connectivity index is 2.53. The molecule has 36 heavy (non-hydrogen) atoms. The summed E-state index contributed by atoms with van der Waals surface area (Å²) in [5.41, 5.74) is 2.58. The number of carbonyl (C=O) groups excluding carboxylic acids is 2. The maximum Gasteiger partial charge on any atom is 0.304 e. The van der Waals surface area contributed by atoms with Gasteiger partial charge in [-0.3, -0.25) is 9.59 Å². The minimum atomic E-state index is -4.03. The molecule has 0 saturated carbocycles. The van der Waals surface area contributed by atoms with Crippen molar-refractivity contribution in [3.8, 4) is 0 Å². The second kappa shape index (κ2) is 12.3. The van der Waals surface area contributed by atoms with E-state index in [4.69, 9.17) is 23.2 Å². The van der Waals surface area contributed by atoms with Gasteiger partial charge in [0.05, 0.1) is 15.7 Å². The van der Waals surface area contributed by atoms with Crippen LogP contribution in [0.5, 0.6) is 0 Å². The lowest BCUT2D eigenvalue weighted by molar-refractivity contribution is -0.139. The Hall–Kier alpha value is -2.33. The summed E-state index contributed by atoms with van der Waals surface area (Å²) in [6, 6.07) is 9.33. The van der Waals surface area contributed by atoms with Crippen molar-refractivity contribution in [1.82, 2.24) is 14.5 Å². The van der Waals surface area contributed by atoms with Crippen LogP contribution in [0.4, 0.5) is 5.69 Å². The van der Waals surface area contributed by atoms with Crippen LogP contribution in [0.1, 0.15) is 37.5 Å². The van der Waals surface area contributed by atoms with Gasteiger partial charge in [0.1, 0.15) is 12.6 Å². The SMILES string of the molecule is Cc1ccc(C)c(N(CC(=O)N(Cc2ccc(Cl)c(Cl)c2)[C@H](C)C(=O)NC(C)C)S(=O)(=O)N(C)C)c1. The van der Waals surface area contributed by atoms with Crippen molar-refractivity contribution in [2.75, 3.05) is 24.9 Å². The van der Waals surface area contributed by atoms with E-state index in [-0.39, 0.29) is 18.5 Å². The van der Waals surface area contributed by atoms with Crippen LogP contribution in [-0.4, -0.2) is 62.2 Å². The molecule has 8 nitrogen and oxygen atoms in total. The van der Waals surface area contributed by atoms with Gasteiger partial charge in [0, 0.05) is 26.7 Å². The third-order valence-corrected chi connectivity index (χ3v) is 8.13. The molecule has 2 aromatic rings. The Kier molecular flexibility index (Phi) is 10.2. The lowest BCUT2D eigenvalue weighted by Crippen LogP contribution is -2.53. The molecule has 0 unspecified atom stereocenters. The minimum absolute atomic E-state index is 0.0328. The first-order valence-electron chi connectivity index (χ1n) is 11.5. The number of hydrogen-bond acceptors (Lipinski definition) is 4. The number of nitrogens with one attached hydrogen (secondary N) is 1. The average Bonchev–Trinajstić information content (AvgIpc) is 2.78. The largest absolute Gasteiger partial charge is 0.352 e. The summed E-state index contributed by atoms with van der Waals surface area (Å²) in [5.74, 6) is -0.897. The van der Waals surface area contributed by atoms with Gasteiger partial charge in [-0.15, -0.1) is 0 Å². The summed E-state index contributed by atoms with van der Waals surface area (Å²) in [7, 11) is -1.22. The first-order valence-corrected chi connectivity index (χ1v) is 13.6. The predicted octanol–water partition coefficient (Wildman–Crippen LogP) is 4.16. The highest BCUT2D eigenvalue weighted by Gasteiger charge is 2.33. The Labute approximate surface area is 224 Å². The second-order valence-corrected chi connectivity index (χ2v) is 12.1. The number of anilines is 1. The molecule has 0 saturated heterocycles. The number of amides is 2. The predicted molar refractivity (Wildman–Crippen MR) is 146 cm³/mol. The Morgan fingerprint density at radius 3 is 2.17 bits per heavy atom. The number of rotatable bonds is 10. The summed E-state index contributed by atoms with van der Waals surface area (Å²) in [6.07, 6.45) is 0. The smallest absolute Gasteiger partial charge is 0.304 e. The van der Waals surface area contributed by atoms with E-state index in [2.05, 4.69) is 5.32 Å². The summed E-state index contributed by atoms with van der Waals surface area (Å²) >= 11 is 12.2. The monoisotopic (exact) mass is 556 g/mol. The normalized spacial score (nSPS) is 12.5. The number of nitrogens with zero attached hydrogens (tertiary/aromatic N) is 3. The van der Waals surface area contributed by atoms with E-state index in [1.807, 2.05) is 26.8 Å². The van der Waals surface area contributed by atoms with E-state index in [9.17, 15) is 18.0 Å². The molecular formula is C25H34Cl2N4O4S. The number of benzene rings is 2. The van der Waals surface area contributed by atoms with Crippen molar-refractivity contribution in [3.05, 3.63) is 63.1 Å². The molecular weight excluding hydrogens is 523 g/mol. The van der Waals surface area contributed by atoms with Crippen LogP contribution in [0.25, 0.3) is 0 Å². The van der Waals surface area contributed by atoms with Gasteiger partial charge in [-0.2, -0.15) is 12.7 Å². The third-order valence-electron chi connectivity index (χ3n) is 5.59. The van der Waals surface area contributed by atoms with Crippen molar-refractivity contribution in [2.24, 2.45) is 0 Å². The zero-order valence-electron chi connectivity index (χ0n) is 21.7. The van der Waals surface area contributed by atoms with Gasteiger partial charge in [0.15, 0.2) is 0 Å². The van der Waals surface area contributed by atoms with E-state index in [1.54, 1.807) is 44.2 Å². The van der Waals surface area contributed by atoms with Crippen molar-refractivity contribution in [3.63, 3.8) is 0 Å². The quantitative estimate of drug-likeness (QED) is 0.475. The summed E-state index contributed by atoms with van der Waals surface area (Å²) in [4.78, 5) is 28.0. The topological polar surface area (TPSA) is 90.0 Å². The van der Waals surface area contributed by atoms with Gasteiger partial charge in [0.25, 0.3) is 0 Å². The Bertz CT molecular complexity index is 1220. The minimum Gasteiger partial charge on any atom is -0.352 e. The van der Waals surface area contributed by atoms with E-state index in [0.717, 1.165) is 14.2 Å². The highest BCUT2D eigenvalue weighted by Crippen LogP contribution is 2.27. The van der Waals surface area contributed by atoms with Crippen molar-refractivity contribution in [2.45, 2.75) is 53.2 Å².